The van der Waals surface area contributed by atoms with Crippen LogP contribution in [0.25, 0.3) is 21.0 Å². The minimum atomic E-state index is -0.356. The van der Waals surface area contributed by atoms with Crippen molar-refractivity contribution in [2.45, 2.75) is 12.3 Å². The van der Waals surface area contributed by atoms with E-state index in [1.165, 1.54) is 23.0 Å². The maximum Gasteiger partial charge on any atom is 0.331 e. The van der Waals surface area contributed by atoms with E-state index in [1.54, 1.807) is 13.1 Å². The molecule has 4 heterocycles. The number of hydrogen-bond donors (Lipinski definition) is 0. The molecule has 0 saturated carbocycles. The molecule has 1 saturated heterocycles. The Hall–Kier alpha value is -2.26. The van der Waals surface area contributed by atoms with Crippen molar-refractivity contribution < 1.29 is 9.26 Å². The lowest BCUT2D eigenvalue weighted by Crippen LogP contribution is -2.36. The van der Waals surface area contributed by atoms with Crippen molar-refractivity contribution in [2.24, 2.45) is 14.1 Å². The van der Waals surface area contributed by atoms with Crippen molar-refractivity contribution in [1.82, 2.24) is 19.3 Å². The number of hydrogen-bond acceptors (Lipinski definition) is 7. The number of aromatic nitrogens is 4. The van der Waals surface area contributed by atoms with Gasteiger partial charge in [-0.1, -0.05) is 5.16 Å². The zero-order chi connectivity index (χ0) is 16.1. The highest BCUT2D eigenvalue weighted by molar-refractivity contribution is 7.21. The van der Waals surface area contributed by atoms with Crippen LogP contribution in [0.15, 0.2) is 20.2 Å². The fraction of sp³-hybridized carbons (Fsp3) is 0.429. The topological polar surface area (TPSA) is 92.2 Å². The van der Waals surface area contributed by atoms with Gasteiger partial charge < -0.3 is 9.26 Å². The minimum Gasteiger partial charge on any atom is -0.381 e. The maximum atomic E-state index is 12.2. The molecular formula is C14H14N4O4S. The van der Waals surface area contributed by atoms with Crippen molar-refractivity contribution in [3.05, 3.63) is 32.7 Å². The quantitative estimate of drug-likeness (QED) is 0.690. The number of aryl methyl sites for hydroxylation is 1. The van der Waals surface area contributed by atoms with Gasteiger partial charge in [0.1, 0.15) is 4.83 Å². The molecule has 1 unspecified atom stereocenters. The molecule has 0 bridgehead atoms. The Bertz CT molecular complexity index is 1010. The second kappa shape index (κ2) is 5.14. The number of ether oxygens (including phenoxy) is 1. The fourth-order valence-electron chi connectivity index (χ4n) is 2.71. The highest BCUT2D eigenvalue weighted by atomic mass is 32.1. The van der Waals surface area contributed by atoms with Crippen molar-refractivity contribution in [3.63, 3.8) is 0 Å². The molecule has 3 aromatic rings. The van der Waals surface area contributed by atoms with Gasteiger partial charge in [-0.3, -0.25) is 13.9 Å². The first-order chi connectivity index (χ1) is 11.1. The SMILES string of the molecule is Cn1c(=O)c2cc(-c3nc(C4CCOC4)no3)sc2n(C)c1=O. The van der Waals surface area contributed by atoms with Gasteiger partial charge in [0, 0.05) is 26.6 Å². The molecule has 4 rings (SSSR count). The Labute approximate surface area is 133 Å². The third-order valence-electron chi connectivity index (χ3n) is 4.07. The average Bonchev–Trinajstić information content (AvgIpc) is 3.29. The summed E-state index contributed by atoms with van der Waals surface area (Å²) in [5.74, 6) is 1.14. The predicted molar refractivity (Wildman–Crippen MR) is 83.8 cm³/mol. The minimum absolute atomic E-state index is 0.152. The summed E-state index contributed by atoms with van der Waals surface area (Å²) < 4.78 is 13.2. The summed E-state index contributed by atoms with van der Waals surface area (Å²) in [5, 5.41) is 4.48. The summed E-state index contributed by atoms with van der Waals surface area (Å²) in [5.41, 5.74) is -0.681. The third-order valence-corrected chi connectivity index (χ3v) is 5.27. The molecule has 0 spiro atoms. The first-order valence-corrected chi connectivity index (χ1v) is 7.99. The number of rotatable bonds is 2. The summed E-state index contributed by atoms with van der Waals surface area (Å²) in [6.07, 6.45) is 0.875. The molecule has 23 heavy (non-hydrogen) atoms. The smallest absolute Gasteiger partial charge is 0.331 e. The molecule has 1 aliphatic heterocycles. The standard InChI is InChI=1S/C14H14N4O4S/c1-17-12(19)8-5-9(23-13(8)18(2)14(17)20)11-15-10(16-22-11)7-3-4-21-6-7/h5,7H,3-4,6H2,1-2H3. The lowest BCUT2D eigenvalue weighted by molar-refractivity contribution is 0.192. The van der Waals surface area contributed by atoms with Crippen LogP contribution >= 0.6 is 11.3 Å². The molecule has 120 valence electrons. The second-order valence-corrected chi connectivity index (χ2v) is 6.58. The van der Waals surface area contributed by atoms with E-state index in [4.69, 9.17) is 9.26 Å². The van der Waals surface area contributed by atoms with Crippen LogP contribution < -0.4 is 11.2 Å². The van der Waals surface area contributed by atoms with Crippen LogP contribution in [0.3, 0.4) is 0 Å². The maximum absolute atomic E-state index is 12.2. The van der Waals surface area contributed by atoms with E-state index in [2.05, 4.69) is 10.1 Å². The Morgan fingerprint density at radius 3 is 2.87 bits per heavy atom. The van der Waals surface area contributed by atoms with E-state index in [-0.39, 0.29) is 17.2 Å². The highest BCUT2D eigenvalue weighted by Crippen LogP contribution is 2.32. The van der Waals surface area contributed by atoms with E-state index >= 15 is 0 Å². The number of nitrogens with zero attached hydrogens (tertiary/aromatic N) is 4. The summed E-state index contributed by atoms with van der Waals surface area (Å²) >= 11 is 1.29. The highest BCUT2D eigenvalue weighted by Gasteiger charge is 2.24. The predicted octanol–water partition coefficient (Wildman–Crippen LogP) is 0.853. The summed E-state index contributed by atoms with van der Waals surface area (Å²) in [4.78, 5) is 29.9. The van der Waals surface area contributed by atoms with E-state index in [0.29, 0.717) is 40.0 Å². The molecule has 1 aliphatic rings. The first-order valence-electron chi connectivity index (χ1n) is 7.17. The summed E-state index contributed by atoms with van der Waals surface area (Å²) in [6.45, 7) is 1.30. The molecule has 0 aliphatic carbocycles. The Morgan fingerprint density at radius 2 is 2.13 bits per heavy atom. The molecule has 3 aromatic heterocycles. The van der Waals surface area contributed by atoms with Gasteiger partial charge in [-0.05, 0) is 12.5 Å². The molecule has 1 atom stereocenters. The first kappa shape index (κ1) is 14.3. The van der Waals surface area contributed by atoms with Crippen LogP contribution in [0.5, 0.6) is 0 Å². The van der Waals surface area contributed by atoms with Crippen molar-refractivity contribution in [1.29, 1.82) is 0 Å². The molecule has 0 radical (unpaired) electrons. The number of thiophene rings is 1. The molecule has 8 nitrogen and oxygen atoms in total. The van der Waals surface area contributed by atoms with Crippen LogP contribution in [0.1, 0.15) is 18.2 Å². The monoisotopic (exact) mass is 334 g/mol. The second-order valence-electron chi connectivity index (χ2n) is 5.55. The zero-order valence-electron chi connectivity index (χ0n) is 12.6. The van der Waals surface area contributed by atoms with Crippen LogP contribution in [0.2, 0.25) is 0 Å². The van der Waals surface area contributed by atoms with E-state index in [9.17, 15) is 9.59 Å². The lowest BCUT2D eigenvalue weighted by atomic mass is 10.1. The van der Waals surface area contributed by atoms with E-state index < -0.39 is 0 Å². The summed E-state index contributed by atoms with van der Waals surface area (Å²) in [6, 6.07) is 1.70. The van der Waals surface area contributed by atoms with Gasteiger partial charge in [0.2, 0.25) is 0 Å². The van der Waals surface area contributed by atoms with Gasteiger partial charge in [0.05, 0.1) is 16.9 Å². The van der Waals surface area contributed by atoms with Gasteiger partial charge in [0.15, 0.2) is 5.82 Å². The van der Waals surface area contributed by atoms with Gasteiger partial charge >= 0.3 is 5.69 Å². The van der Waals surface area contributed by atoms with E-state index in [0.717, 1.165) is 11.0 Å². The van der Waals surface area contributed by atoms with Crippen molar-refractivity contribution >= 4 is 21.6 Å². The molecule has 1 fully saturated rings. The molecule has 0 N–H and O–H groups in total. The Balaban J connectivity index is 1.84. The van der Waals surface area contributed by atoms with Crippen LogP contribution in [-0.4, -0.2) is 32.5 Å². The van der Waals surface area contributed by atoms with Crippen LogP contribution in [-0.2, 0) is 18.8 Å². The normalized spacial score (nSPS) is 18.1. The molecule has 0 aromatic carbocycles. The Kier molecular flexibility index (Phi) is 3.20. The third kappa shape index (κ3) is 2.15. The molecule has 9 heteroatoms. The van der Waals surface area contributed by atoms with Crippen molar-refractivity contribution in [3.8, 4) is 10.8 Å². The summed E-state index contributed by atoms with van der Waals surface area (Å²) in [7, 11) is 3.10. The zero-order valence-corrected chi connectivity index (χ0v) is 13.4. The van der Waals surface area contributed by atoms with Crippen LogP contribution in [0, 0.1) is 0 Å². The van der Waals surface area contributed by atoms with Crippen molar-refractivity contribution in [2.75, 3.05) is 13.2 Å². The van der Waals surface area contributed by atoms with E-state index in [1.807, 2.05) is 0 Å². The Morgan fingerprint density at radius 1 is 1.30 bits per heavy atom. The number of fused-ring (bicyclic) bond motifs is 1. The largest absolute Gasteiger partial charge is 0.381 e. The lowest BCUT2D eigenvalue weighted by Gasteiger charge is -2.01. The van der Waals surface area contributed by atoms with Gasteiger partial charge in [-0.25, -0.2) is 4.79 Å². The molecular weight excluding hydrogens is 320 g/mol. The van der Waals surface area contributed by atoms with Gasteiger partial charge in [0.25, 0.3) is 11.4 Å². The fourth-order valence-corrected chi connectivity index (χ4v) is 3.73. The average molecular weight is 334 g/mol. The van der Waals surface area contributed by atoms with Gasteiger partial charge in [-0.15, -0.1) is 11.3 Å². The van der Waals surface area contributed by atoms with Crippen LogP contribution in [0.4, 0.5) is 0 Å². The van der Waals surface area contributed by atoms with Gasteiger partial charge in [-0.2, -0.15) is 4.98 Å². The molecule has 0 amide bonds.